The number of aryl methyl sites for hydroxylation is 4. The molecule has 1 aliphatic rings. The van der Waals surface area contributed by atoms with E-state index < -0.39 is 0 Å². The van der Waals surface area contributed by atoms with Crippen molar-refractivity contribution in [2.45, 2.75) is 59.0 Å². The summed E-state index contributed by atoms with van der Waals surface area (Å²) >= 11 is 0. The SMILES string of the molecule is Cc1cn2c(n1)CCC(NC(=O)CCc1c(C)noc1C)C2. The van der Waals surface area contributed by atoms with Gasteiger partial charge in [-0.25, -0.2) is 4.98 Å². The molecule has 118 valence electrons. The van der Waals surface area contributed by atoms with Gasteiger partial charge in [0.2, 0.25) is 5.91 Å². The zero-order valence-corrected chi connectivity index (χ0v) is 13.3. The summed E-state index contributed by atoms with van der Waals surface area (Å²) in [6.07, 6.45) is 5.07. The number of nitrogens with one attached hydrogen (secondary N) is 1. The summed E-state index contributed by atoms with van der Waals surface area (Å²) in [5.41, 5.74) is 2.97. The molecule has 0 radical (unpaired) electrons. The Kier molecular flexibility index (Phi) is 4.00. The summed E-state index contributed by atoms with van der Waals surface area (Å²) in [5, 5.41) is 7.05. The van der Waals surface area contributed by atoms with Crippen LogP contribution < -0.4 is 5.32 Å². The van der Waals surface area contributed by atoms with Crippen molar-refractivity contribution in [2.75, 3.05) is 0 Å². The van der Waals surface area contributed by atoms with Gasteiger partial charge in [-0.05, 0) is 33.6 Å². The van der Waals surface area contributed by atoms with Crippen molar-refractivity contribution in [2.24, 2.45) is 0 Å². The zero-order valence-electron chi connectivity index (χ0n) is 13.3. The summed E-state index contributed by atoms with van der Waals surface area (Å²) in [7, 11) is 0. The predicted octanol–water partition coefficient (Wildman–Crippen LogP) is 1.86. The van der Waals surface area contributed by atoms with Crippen LogP contribution in [0, 0.1) is 20.8 Å². The fourth-order valence-corrected chi connectivity index (χ4v) is 3.10. The first-order valence-corrected chi connectivity index (χ1v) is 7.76. The Hall–Kier alpha value is -2.11. The lowest BCUT2D eigenvalue weighted by atomic mass is 10.1. The van der Waals surface area contributed by atoms with Crippen molar-refractivity contribution in [1.82, 2.24) is 20.0 Å². The molecule has 3 heterocycles. The van der Waals surface area contributed by atoms with E-state index in [0.717, 1.165) is 47.9 Å². The zero-order chi connectivity index (χ0) is 15.7. The molecule has 1 aliphatic heterocycles. The summed E-state index contributed by atoms with van der Waals surface area (Å²) < 4.78 is 7.28. The number of rotatable bonds is 4. The average molecular weight is 302 g/mol. The average Bonchev–Trinajstić information content (AvgIpc) is 2.98. The number of imidazole rings is 1. The third-order valence-electron chi connectivity index (χ3n) is 4.26. The van der Waals surface area contributed by atoms with Crippen LogP contribution in [0.2, 0.25) is 0 Å². The molecule has 0 aliphatic carbocycles. The van der Waals surface area contributed by atoms with Gasteiger partial charge in [0.1, 0.15) is 11.6 Å². The molecule has 0 bridgehead atoms. The highest BCUT2D eigenvalue weighted by Gasteiger charge is 2.21. The maximum Gasteiger partial charge on any atom is 0.220 e. The van der Waals surface area contributed by atoms with Gasteiger partial charge in [0, 0.05) is 37.2 Å². The van der Waals surface area contributed by atoms with Gasteiger partial charge >= 0.3 is 0 Å². The van der Waals surface area contributed by atoms with Gasteiger partial charge < -0.3 is 14.4 Å². The molecule has 22 heavy (non-hydrogen) atoms. The Balaban J connectivity index is 1.52. The van der Waals surface area contributed by atoms with E-state index in [9.17, 15) is 4.79 Å². The summed E-state index contributed by atoms with van der Waals surface area (Å²) in [6.45, 7) is 6.61. The van der Waals surface area contributed by atoms with Crippen LogP contribution in [-0.2, 0) is 24.2 Å². The van der Waals surface area contributed by atoms with Crippen LogP contribution in [0.15, 0.2) is 10.7 Å². The van der Waals surface area contributed by atoms with Crippen LogP contribution in [0.25, 0.3) is 0 Å². The maximum absolute atomic E-state index is 12.2. The number of carbonyl (C=O) groups excluding carboxylic acids is 1. The molecule has 0 aromatic carbocycles. The van der Waals surface area contributed by atoms with Crippen molar-refractivity contribution in [3.05, 3.63) is 34.7 Å². The van der Waals surface area contributed by atoms with Gasteiger partial charge in [-0.1, -0.05) is 5.16 Å². The molecule has 2 aromatic rings. The third-order valence-corrected chi connectivity index (χ3v) is 4.26. The molecule has 1 amide bonds. The summed E-state index contributed by atoms with van der Waals surface area (Å²) in [6, 6.07) is 0.193. The molecule has 1 N–H and O–H groups in total. The molecule has 0 saturated carbocycles. The number of hydrogen-bond donors (Lipinski definition) is 1. The summed E-state index contributed by atoms with van der Waals surface area (Å²) in [5.74, 6) is 2.02. The lowest BCUT2D eigenvalue weighted by Gasteiger charge is -2.24. The first kappa shape index (κ1) is 14.8. The van der Waals surface area contributed by atoms with Crippen LogP contribution in [-0.4, -0.2) is 26.7 Å². The first-order chi connectivity index (χ1) is 10.5. The number of carbonyl (C=O) groups is 1. The minimum atomic E-state index is 0.0882. The smallest absolute Gasteiger partial charge is 0.220 e. The van der Waals surface area contributed by atoms with Crippen molar-refractivity contribution in [3.63, 3.8) is 0 Å². The molecule has 0 fully saturated rings. The highest BCUT2D eigenvalue weighted by Crippen LogP contribution is 2.16. The molecule has 3 rings (SSSR count). The third kappa shape index (κ3) is 3.05. The number of aromatic nitrogens is 3. The van der Waals surface area contributed by atoms with Gasteiger partial charge in [0.15, 0.2) is 0 Å². The van der Waals surface area contributed by atoms with Crippen molar-refractivity contribution >= 4 is 5.91 Å². The van der Waals surface area contributed by atoms with Gasteiger partial charge in [-0.2, -0.15) is 0 Å². The molecule has 2 aromatic heterocycles. The monoisotopic (exact) mass is 302 g/mol. The fourth-order valence-electron chi connectivity index (χ4n) is 3.10. The Bertz CT molecular complexity index is 667. The Morgan fingerprint density at radius 3 is 3.00 bits per heavy atom. The van der Waals surface area contributed by atoms with E-state index in [-0.39, 0.29) is 11.9 Å². The van der Waals surface area contributed by atoms with Crippen LogP contribution in [0.1, 0.15) is 41.4 Å². The largest absolute Gasteiger partial charge is 0.361 e. The standard InChI is InChI=1S/C16H22N4O2/c1-10-8-20-9-13(4-6-15(20)17-10)18-16(21)7-5-14-11(2)19-22-12(14)3/h8,13H,4-7,9H2,1-3H3,(H,18,21). The van der Waals surface area contributed by atoms with Gasteiger partial charge in [-0.3, -0.25) is 4.79 Å². The molecule has 1 atom stereocenters. The molecule has 1 unspecified atom stereocenters. The van der Waals surface area contributed by atoms with Crippen molar-refractivity contribution in [1.29, 1.82) is 0 Å². The van der Waals surface area contributed by atoms with E-state index in [1.54, 1.807) is 0 Å². The molecule has 6 heteroatoms. The van der Waals surface area contributed by atoms with Crippen LogP contribution >= 0.6 is 0 Å². The molecule has 0 spiro atoms. The minimum absolute atomic E-state index is 0.0882. The van der Waals surface area contributed by atoms with Crippen LogP contribution in [0.5, 0.6) is 0 Å². The number of amides is 1. The Labute approximate surface area is 129 Å². The second-order valence-corrected chi connectivity index (χ2v) is 6.06. The Morgan fingerprint density at radius 1 is 1.45 bits per heavy atom. The minimum Gasteiger partial charge on any atom is -0.361 e. The van der Waals surface area contributed by atoms with Crippen LogP contribution in [0.3, 0.4) is 0 Å². The quantitative estimate of drug-likeness (QED) is 0.935. The second kappa shape index (κ2) is 5.94. The maximum atomic E-state index is 12.2. The lowest BCUT2D eigenvalue weighted by Crippen LogP contribution is -2.41. The fraction of sp³-hybridized carbons (Fsp3) is 0.562. The predicted molar refractivity (Wildman–Crippen MR) is 81.5 cm³/mol. The molecular formula is C16H22N4O2. The van der Waals surface area contributed by atoms with Crippen LogP contribution in [0.4, 0.5) is 0 Å². The molecule has 0 saturated heterocycles. The highest BCUT2D eigenvalue weighted by atomic mass is 16.5. The number of fused-ring (bicyclic) bond motifs is 1. The Morgan fingerprint density at radius 2 is 2.27 bits per heavy atom. The van der Waals surface area contributed by atoms with E-state index in [1.165, 1.54) is 0 Å². The van der Waals surface area contributed by atoms with Crippen molar-refractivity contribution < 1.29 is 9.32 Å². The van der Waals surface area contributed by atoms with Gasteiger partial charge in [0.25, 0.3) is 0 Å². The molecule has 6 nitrogen and oxygen atoms in total. The molecular weight excluding hydrogens is 280 g/mol. The summed E-state index contributed by atoms with van der Waals surface area (Å²) in [4.78, 5) is 16.6. The van der Waals surface area contributed by atoms with E-state index in [0.29, 0.717) is 12.8 Å². The van der Waals surface area contributed by atoms with Gasteiger partial charge in [0.05, 0.1) is 11.4 Å². The number of nitrogens with zero attached hydrogens (tertiary/aromatic N) is 3. The van der Waals surface area contributed by atoms with Gasteiger partial charge in [-0.15, -0.1) is 0 Å². The first-order valence-electron chi connectivity index (χ1n) is 7.76. The number of hydrogen-bond acceptors (Lipinski definition) is 4. The second-order valence-electron chi connectivity index (χ2n) is 6.06. The van der Waals surface area contributed by atoms with E-state index in [1.807, 2.05) is 20.8 Å². The highest BCUT2D eigenvalue weighted by molar-refractivity contribution is 5.76. The topological polar surface area (TPSA) is 73.0 Å². The van der Waals surface area contributed by atoms with E-state index >= 15 is 0 Å². The van der Waals surface area contributed by atoms with Crippen molar-refractivity contribution in [3.8, 4) is 0 Å². The van der Waals surface area contributed by atoms with E-state index in [4.69, 9.17) is 4.52 Å². The lowest BCUT2D eigenvalue weighted by molar-refractivity contribution is -0.122. The van der Waals surface area contributed by atoms with E-state index in [2.05, 4.69) is 26.2 Å². The normalized spacial score (nSPS) is 17.3.